The monoisotopic (exact) mass is 377 g/mol. The third kappa shape index (κ3) is 3.52. The number of fused-ring (bicyclic) bond motifs is 8. The first-order valence-corrected chi connectivity index (χ1v) is 11.0. The molecule has 0 amide bonds. The van der Waals surface area contributed by atoms with E-state index in [-0.39, 0.29) is 5.41 Å². The highest BCUT2D eigenvalue weighted by Crippen LogP contribution is 2.51. The van der Waals surface area contributed by atoms with E-state index in [4.69, 9.17) is 15.0 Å². The Bertz CT molecular complexity index is 858. The first kappa shape index (κ1) is 18.0. The molecule has 0 saturated heterocycles. The molecule has 1 atom stereocenters. The highest BCUT2D eigenvalue weighted by atomic mass is 15.2. The van der Waals surface area contributed by atoms with E-state index in [1.165, 1.54) is 44.1 Å². The second-order valence-electron chi connectivity index (χ2n) is 9.28. The zero-order valence-corrected chi connectivity index (χ0v) is 17.1. The Morgan fingerprint density at radius 3 is 2.82 bits per heavy atom. The molecule has 1 N–H and O–H groups in total. The minimum Gasteiger partial charge on any atom is -0.354 e. The van der Waals surface area contributed by atoms with Crippen LogP contribution in [-0.4, -0.2) is 39.0 Å². The second kappa shape index (κ2) is 7.11. The lowest BCUT2D eigenvalue weighted by molar-refractivity contribution is 0.195. The molecule has 1 spiro atoms. The molecule has 5 heteroatoms. The van der Waals surface area contributed by atoms with E-state index >= 15 is 0 Å². The molecule has 28 heavy (non-hydrogen) atoms. The van der Waals surface area contributed by atoms with Gasteiger partial charge in [-0.25, -0.2) is 4.98 Å². The molecule has 3 heterocycles. The van der Waals surface area contributed by atoms with Crippen LogP contribution in [0, 0.1) is 5.92 Å². The van der Waals surface area contributed by atoms with Gasteiger partial charge >= 0.3 is 0 Å². The Morgan fingerprint density at radius 1 is 1.11 bits per heavy atom. The minimum absolute atomic E-state index is 0.206. The molecule has 2 aromatic rings. The number of aromatic nitrogens is 3. The van der Waals surface area contributed by atoms with E-state index < -0.39 is 0 Å². The summed E-state index contributed by atoms with van der Waals surface area (Å²) in [6.45, 7) is 7.70. The largest absolute Gasteiger partial charge is 0.354 e. The predicted octanol–water partition coefficient (Wildman–Crippen LogP) is 4.40. The lowest BCUT2D eigenvalue weighted by atomic mass is 9.91. The van der Waals surface area contributed by atoms with Crippen molar-refractivity contribution in [1.29, 1.82) is 0 Å². The van der Waals surface area contributed by atoms with Crippen LogP contribution in [0.1, 0.15) is 63.8 Å². The summed E-state index contributed by atoms with van der Waals surface area (Å²) < 4.78 is 0. The van der Waals surface area contributed by atoms with E-state index in [2.05, 4.69) is 48.3 Å². The van der Waals surface area contributed by atoms with Crippen LogP contribution in [0.3, 0.4) is 0 Å². The third-order valence-corrected chi connectivity index (χ3v) is 6.91. The average Bonchev–Trinajstić information content (AvgIpc) is 3.48. The lowest BCUT2D eigenvalue weighted by Crippen LogP contribution is -2.33. The maximum Gasteiger partial charge on any atom is 0.226 e. The average molecular weight is 378 g/mol. The number of hydrogen-bond donors (Lipinski definition) is 1. The van der Waals surface area contributed by atoms with Crippen molar-refractivity contribution < 1.29 is 0 Å². The molecule has 1 fully saturated rings. The SMILES string of the molecule is CC(C)N1CCC2CCCC3(CC3)c3nc(nc(n3)-c3cccc(c3)C1)NC2. The number of benzene rings is 1. The Hall–Kier alpha value is -2.01. The normalized spacial score (nSPS) is 23.9. The zero-order valence-electron chi connectivity index (χ0n) is 17.1. The van der Waals surface area contributed by atoms with Gasteiger partial charge in [0.05, 0.1) is 0 Å². The number of nitrogens with one attached hydrogen (secondary N) is 1. The summed E-state index contributed by atoms with van der Waals surface area (Å²) >= 11 is 0. The lowest BCUT2D eigenvalue weighted by Gasteiger charge is -2.29. The van der Waals surface area contributed by atoms with Crippen LogP contribution in [-0.2, 0) is 12.0 Å². The van der Waals surface area contributed by atoms with Gasteiger partial charge in [0.1, 0.15) is 5.82 Å². The van der Waals surface area contributed by atoms with Crippen molar-refractivity contribution in [1.82, 2.24) is 19.9 Å². The fraction of sp³-hybridized carbons (Fsp3) is 0.609. The van der Waals surface area contributed by atoms with Gasteiger partial charge in [-0.05, 0) is 70.0 Å². The topological polar surface area (TPSA) is 53.9 Å². The van der Waals surface area contributed by atoms with Crippen LogP contribution < -0.4 is 5.32 Å². The molecule has 6 bridgehead atoms. The number of hydrogen-bond acceptors (Lipinski definition) is 5. The van der Waals surface area contributed by atoms with Crippen LogP contribution in [0.5, 0.6) is 0 Å². The molecule has 1 aromatic carbocycles. The van der Waals surface area contributed by atoms with Crippen molar-refractivity contribution in [3.63, 3.8) is 0 Å². The summed E-state index contributed by atoms with van der Waals surface area (Å²) in [5.41, 5.74) is 2.66. The molecule has 1 unspecified atom stereocenters. The summed E-state index contributed by atoms with van der Waals surface area (Å²) in [7, 11) is 0. The van der Waals surface area contributed by atoms with Crippen molar-refractivity contribution in [2.24, 2.45) is 5.92 Å². The molecular weight excluding hydrogens is 346 g/mol. The molecule has 5 nitrogen and oxygen atoms in total. The second-order valence-corrected chi connectivity index (χ2v) is 9.28. The van der Waals surface area contributed by atoms with Gasteiger partial charge < -0.3 is 5.32 Å². The predicted molar refractivity (Wildman–Crippen MR) is 112 cm³/mol. The first-order valence-electron chi connectivity index (χ1n) is 11.0. The molecule has 1 saturated carbocycles. The van der Waals surface area contributed by atoms with Gasteiger partial charge in [0, 0.05) is 30.1 Å². The Labute approximate surface area is 168 Å². The van der Waals surface area contributed by atoms with Crippen LogP contribution in [0.4, 0.5) is 5.95 Å². The highest BCUT2D eigenvalue weighted by Gasteiger charge is 2.47. The molecule has 3 aliphatic rings. The molecule has 5 rings (SSSR count). The summed E-state index contributed by atoms with van der Waals surface area (Å²) in [5, 5.41) is 3.57. The molecule has 1 aromatic heterocycles. The van der Waals surface area contributed by atoms with Crippen molar-refractivity contribution in [3.05, 3.63) is 35.7 Å². The molecular formula is C23H31N5. The number of anilines is 1. The van der Waals surface area contributed by atoms with Crippen LogP contribution in [0.15, 0.2) is 24.3 Å². The summed E-state index contributed by atoms with van der Waals surface area (Å²) in [6, 6.07) is 9.33. The van der Waals surface area contributed by atoms with Crippen molar-refractivity contribution in [2.75, 3.05) is 18.4 Å². The Morgan fingerprint density at radius 2 is 2.00 bits per heavy atom. The number of nitrogens with zero attached hydrogens (tertiary/aromatic N) is 4. The molecule has 2 aliphatic heterocycles. The van der Waals surface area contributed by atoms with E-state index in [1.54, 1.807) is 0 Å². The molecule has 1 aliphatic carbocycles. The molecule has 148 valence electrons. The number of rotatable bonds is 1. The van der Waals surface area contributed by atoms with Gasteiger partial charge in [-0.3, -0.25) is 4.90 Å². The van der Waals surface area contributed by atoms with E-state index in [1.807, 2.05) is 0 Å². The van der Waals surface area contributed by atoms with Gasteiger partial charge in [-0.15, -0.1) is 0 Å². The summed E-state index contributed by atoms with van der Waals surface area (Å²) in [4.78, 5) is 17.3. The smallest absolute Gasteiger partial charge is 0.226 e. The van der Waals surface area contributed by atoms with Gasteiger partial charge in [0.15, 0.2) is 5.82 Å². The minimum atomic E-state index is 0.206. The maximum absolute atomic E-state index is 4.98. The third-order valence-electron chi connectivity index (χ3n) is 6.91. The fourth-order valence-electron chi connectivity index (χ4n) is 4.78. The summed E-state index contributed by atoms with van der Waals surface area (Å²) in [6.07, 6.45) is 7.45. The Balaban J connectivity index is 1.62. The fourth-order valence-corrected chi connectivity index (χ4v) is 4.78. The first-order chi connectivity index (χ1) is 13.6. The van der Waals surface area contributed by atoms with E-state index in [0.29, 0.717) is 12.0 Å². The van der Waals surface area contributed by atoms with Crippen molar-refractivity contribution >= 4 is 5.95 Å². The Kier molecular flexibility index (Phi) is 4.58. The highest BCUT2D eigenvalue weighted by molar-refractivity contribution is 5.57. The van der Waals surface area contributed by atoms with Gasteiger partial charge in [0.25, 0.3) is 0 Å². The van der Waals surface area contributed by atoms with Gasteiger partial charge in [-0.1, -0.05) is 24.6 Å². The molecule has 0 radical (unpaired) electrons. The van der Waals surface area contributed by atoms with Crippen LogP contribution in [0.25, 0.3) is 11.4 Å². The maximum atomic E-state index is 4.98. The standard InChI is InChI=1S/C23H31N5/c1-16(2)28-12-8-17-6-4-9-23(10-11-23)21-25-20(26-22(27-21)24-14-17)19-7-3-5-18(13-19)15-28/h3,5,7,13,16-17H,4,6,8-12,14-15H2,1-2H3,(H,24,25,26,27). The summed E-state index contributed by atoms with van der Waals surface area (Å²) in [5.74, 6) is 3.28. The quantitative estimate of drug-likeness (QED) is 0.798. The van der Waals surface area contributed by atoms with Gasteiger partial charge in [-0.2, -0.15) is 9.97 Å². The van der Waals surface area contributed by atoms with E-state index in [9.17, 15) is 0 Å². The van der Waals surface area contributed by atoms with E-state index in [0.717, 1.165) is 42.8 Å². The van der Waals surface area contributed by atoms with Crippen LogP contribution >= 0.6 is 0 Å². The van der Waals surface area contributed by atoms with Crippen LogP contribution in [0.2, 0.25) is 0 Å². The van der Waals surface area contributed by atoms with Crippen molar-refractivity contribution in [2.45, 2.75) is 70.4 Å². The zero-order chi connectivity index (χ0) is 19.1. The van der Waals surface area contributed by atoms with Gasteiger partial charge in [0.2, 0.25) is 5.95 Å². The van der Waals surface area contributed by atoms with Crippen molar-refractivity contribution in [3.8, 4) is 11.4 Å².